The van der Waals surface area contributed by atoms with E-state index in [1.54, 1.807) is 7.11 Å². The van der Waals surface area contributed by atoms with Crippen molar-refractivity contribution in [2.75, 3.05) is 26.7 Å². The van der Waals surface area contributed by atoms with Crippen molar-refractivity contribution in [2.45, 2.75) is 19.3 Å². The molecule has 0 aromatic rings. The first kappa shape index (κ1) is 15.9. The zero-order valence-corrected chi connectivity index (χ0v) is 12.2. The number of oxime groups is 1. The van der Waals surface area contributed by atoms with Gasteiger partial charge in [0.1, 0.15) is 11.7 Å². The van der Waals surface area contributed by atoms with Gasteiger partial charge in [0.2, 0.25) is 0 Å². The Hall–Kier alpha value is -1.15. The van der Waals surface area contributed by atoms with Crippen molar-refractivity contribution in [3.05, 3.63) is 0 Å². The van der Waals surface area contributed by atoms with Crippen molar-refractivity contribution in [1.29, 1.82) is 0 Å². The van der Waals surface area contributed by atoms with Gasteiger partial charge in [-0.2, -0.15) is 0 Å². The largest absolute Gasteiger partial charge is 0.473 e. The van der Waals surface area contributed by atoms with Crippen LogP contribution in [0.1, 0.15) is 19.3 Å². The fraction of sp³-hybridized carbons (Fsp3) is 0.727. The van der Waals surface area contributed by atoms with Crippen molar-refractivity contribution >= 4 is 32.5 Å². The van der Waals surface area contributed by atoms with E-state index >= 15 is 0 Å². The topological polar surface area (TPSA) is 99.4 Å². The Morgan fingerprint density at radius 3 is 2.42 bits per heavy atom. The second-order valence-corrected chi connectivity index (χ2v) is 5.34. The minimum absolute atomic E-state index is 0.272. The van der Waals surface area contributed by atoms with Gasteiger partial charge in [-0.05, 0) is 48.3 Å². The molecule has 0 amide bonds. The van der Waals surface area contributed by atoms with Gasteiger partial charge in [0.15, 0.2) is 0 Å². The summed E-state index contributed by atoms with van der Waals surface area (Å²) in [7, 11) is 1.60. The average Bonchev–Trinajstić information content (AvgIpc) is 2.67. The maximum absolute atomic E-state index is 9.10. The van der Waals surface area contributed by atoms with E-state index in [1.807, 2.05) is 0 Å². The minimum Gasteiger partial charge on any atom is -0.473 e. The number of nitrogens with zero attached hydrogens (tertiary/aromatic N) is 2. The number of halogens is 1. The first-order valence-electron chi connectivity index (χ1n) is 5.87. The summed E-state index contributed by atoms with van der Waals surface area (Å²) in [4.78, 5) is 25.5. The summed E-state index contributed by atoms with van der Waals surface area (Å²) in [5, 5.41) is 18.8. The van der Waals surface area contributed by atoms with Crippen molar-refractivity contribution in [3.8, 4) is 0 Å². The molecule has 8 heteroatoms. The highest BCUT2D eigenvalue weighted by Gasteiger charge is 2.44. The number of carbonyl (C=O) groups is 2. The fourth-order valence-corrected chi connectivity index (χ4v) is 3.11. The minimum atomic E-state index is -1.82. The first-order chi connectivity index (χ1) is 8.91. The van der Waals surface area contributed by atoms with Crippen molar-refractivity contribution in [2.24, 2.45) is 10.6 Å². The maximum atomic E-state index is 9.10. The summed E-state index contributed by atoms with van der Waals surface area (Å²) in [5.41, 5.74) is 0.272. The van der Waals surface area contributed by atoms with Crippen LogP contribution in [0, 0.1) is 5.41 Å². The van der Waals surface area contributed by atoms with Crippen LogP contribution in [-0.4, -0.2) is 58.4 Å². The Morgan fingerprint density at radius 1 is 1.26 bits per heavy atom. The van der Waals surface area contributed by atoms with E-state index in [2.05, 4.69) is 26.0 Å². The first-order valence-corrected chi connectivity index (χ1v) is 6.66. The molecule has 0 spiro atoms. The van der Waals surface area contributed by atoms with Gasteiger partial charge in [-0.1, -0.05) is 5.16 Å². The van der Waals surface area contributed by atoms with E-state index < -0.39 is 11.9 Å². The molecule has 2 aliphatic rings. The number of piperidine rings is 1. The number of carboxylic acids is 2. The molecule has 2 saturated heterocycles. The quantitative estimate of drug-likeness (QED) is 0.443. The van der Waals surface area contributed by atoms with Crippen LogP contribution in [0.2, 0.25) is 0 Å². The van der Waals surface area contributed by atoms with Gasteiger partial charge in [0.05, 0.1) is 0 Å². The van der Waals surface area contributed by atoms with E-state index in [1.165, 1.54) is 32.4 Å². The predicted octanol–water partition coefficient (Wildman–Crippen LogP) is 0.983. The lowest BCUT2D eigenvalue weighted by Crippen LogP contribution is -2.37. The summed E-state index contributed by atoms with van der Waals surface area (Å²) in [6.45, 7) is 3.63. The lowest BCUT2D eigenvalue weighted by atomic mass is 9.82. The Labute approximate surface area is 119 Å². The van der Waals surface area contributed by atoms with Crippen LogP contribution in [0.4, 0.5) is 0 Å². The van der Waals surface area contributed by atoms with Crippen LogP contribution in [0.15, 0.2) is 5.16 Å². The smallest absolute Gasteiger partial charge is 0.414 e. The van der Waals surface area contributed by atoms with E-state index in [0.717, 1.165) is 11.2 Å². The van der Waals surface area contributed by atoms with Crippen LogP contribution in [0.5, 0.6) is 0 Å². The number of rotatable bonds is 2. The van der Waals surface area contributed by atoms with E-state index in [0.29, 0.717) is 0 Å². The maximum Gasteiger partial charge on any atom is 0.414 e. The Bertz CT molecular complexity index is 371. The molecule has 2 aliphatic heterocycles. The molecule has 2 unspecified atom stereocenters. The monoisotopic (exact) mass is 336 g/mol. The Kier molecular flexibility index (Phi) is 5.74. The molecule has 0 aromatic heterocycles. The summed E-state index contributed by atoms with van der Waals surface area (Å²) in [6, 6.07) is 0. The summed E-state index contributed by atoms with van der Waals surface area (Å²) in [6.07, 6.45) is 3.76. The molecule has 0 radical (unpaired) electrons. The number of hydrogen-bond donors (Lipinski definition) is 2. The molecule has 2 bridgehead atoms. The van der Waals surface area contributed by atoms with Crippen LogP contribution in [0.3, 0.4) is 0 Å². The van der Waals surface area contributed by atoms with Crippen molar-refractivity contribution in [3.63, 3.8) is 0 Å². The van der Waals surface area contributed by atoms with Gasteiger partial charge in [0, 0.05) is 12.0 Å². The lowest BCUT2D eigenvalue weighted by molar-refractivity contribution is -0.159. The number of hydrogen-bond acceptors (Lipinski definition) is 5. The zero-order chi connectivity index (χ0) is 14.5. The van der Waals surface area contributed by atoms with Crippen LogP contribution in [-0.2, 0) is 14.4 Å². The van der Waals surface area contributed by atoms with Gasteiger partial charge in [-0.25, -0.2) is 9.59 Å². The van der Waals surface area contributed by atoms with Gasteiger partial charge < -0.3 is 20.0 Å². The third-order valence-electron chi connectivity index (χ3n) is 3.35. The van der Waals surface area contributed by atoms with Gasteiger partial charge in [0.25, 0.3) is 0 Å². The fourth-order valence-electron chi connectivity index (χ4n) is 2.44. The van der Waals surface area contributed by atoms with Gasteiger partial charge in [-0.3, -0.25) is 0 Å². The molecule has 0 saturated carbocycles. The standard InChI is InChI=1S/C9H15BrN2O.C2H2O4/c1-13-11-8(10)9-3-2-5-12(7-9)6-4-9;3-1(4)2(5)6/h2-7H2,1H3;(H,3,4)(H,5,6). The molecule has 2 N–H and O–H groups in total. The van der Waals surface area contributed by atoms with Crippen LogP contribution < -0.4 is 0 Å². The van der Waals surface area contributed by atoms with Gasteiger partial charge >= 0.3 is 11.9 Å². The van der Waals surface area contributed by atoms with Crippen molar-refractivity contribution in [1.82, 2.24) is 4.90 Å². The molecule has 19 heavy (non-hydrogen) atoms. The second-order valence-electron chi connectivity index (χ2n) is 4.59. The second kappa shape index (κ2) is 6.85. The highest BCUT2D eigenvalue weighted by molar-refractivity contribution is 9.18. The molecular formula is C11H17BrN2O5. The average molecular weight is 337 g/mol. The molecule has 2 rings (SSSR count). The molecule has 0 aliphatic carbocycles. The highest BCUT2D eigenvalue weighted by Crippen LogP contribution is 2.42. The third-order valence-corrected chi connectivity index (χ3v) is 4.34. The summed E-state index contributed by atoms with van der Waals surface area (Å²) >= 11 is 3.54. The Balaban J connectivity index is 0.000000258. The summed E-state index contributed by atoms with van der Waals surface area (Å²) in [5.74, 6) is -3.65. The normalized spacial score (nSPS) is 29.2. The number of carboxylic acid groups (broad SMARTS) is 2. The molecule has 7 nitrogen and oxygen atoms in total. The predicted molar refractivity (Wildman–Crippen MR) is 71.4 cm³/mol. The lowest BCUT2D eigenvalue weighted by Gasteiger charge is -2.32. The van der Waals surface area contributed by atoms with Crippen molar-refractivity contribution < 1.29 is 24.6 Å². The van der Waals surface area contributed by atoms with E-state index in [9.17, 15) is 0 Å². The molecule has 108 valence electrons. The third kappa shape index (κ3) is 4.17. The molecule has 0 aromatic carbocycles. The highest BCUT2D eigenvalue weighted by atomic mass is 79.9. The Morgan fingerprint density at radius 2 is 1.89 bits per heavy atom. The molecule has 2 heterocycles. The van der Waals surface area contributed by atoms with Crippen LogP contribution >= 0.6 is 15.9 Å². The number of fused-ring (bicyclic) bond motifs is 2. The van der Waals surface area contributed by atoms with E-state index in [4.69, 9.17) is 24.6 Å². The molecular weight excluding hydrogens is 320 g/mol. The van der Waals surface area contributed by atoms with Crippen LogP contribution in [0.25, 0.3) is 0 Å². The molecule has 2 atom stereocenters. The zero-order valence-electron chi connectivity index (χ0n) is 10.6. The summed E-state index contributed by atoms with van der Waals surface area (Å²) < 4.78 is 1.00. The van der Waals surface area contributed by atoms with Gasteiger partial charge in [-0.15, -0.1) is 0 Å². The SMILES string of the molecule is CON=C(Br)C12CCCN(CC1)C2.O=C(O)C(=O)O. The molecule has 2 fully saturated rings. The number of aliphatic carboxylic acids is 2. The van der Waals surface area contributed by atoms with E-state index in [-0.39, 0.29) is 5.41 Å².